The van der Waals surface area contributed by atoms with Gasteiger partial charge in [-0.15, -0.1) is 11.3 Å². The maximum absolute atomic E-state index is 10.8. The zero-order valence-electron chi connectivity index (χ0n) is 11.0. The highest BCUT2D eigenvalue weighted by atomic mass is 32.2. The van der Waals surface area contributed by atoms with E-state index in [1.165, 1.54) is 23.1 Å². The molecule has 0 saturated carbocycles. The van der Waals surface area contributed by atoms with Crippen LogP contribution in [0.1, 0.15) is 16.8 Å². The van der Waals surface area contributed by atoms with Gasteiger partial charge in [-0.25, -0.2) is 4.98 Å². The van der Waals surface area contributed by atoms with E-state index >= 15 is 0 Å². The van der Waals surface area contributed by atoms with Crippen molar-refractivity contribution in [3.63, 3.8) is 0 Å². The predicted octanol–water partition coefficient (Wildman–Crippen LogP) is 2.69. The quantitative estimate of drug-likeness (QED) is 0.762. The second kappa shape index (κ2) is 7.24. The highest BCUT2D eigenvalue weighted by Gasteiger charge is 2.09. The highest BCUT2D eigenvalue weighted by Crippen LogP contribution is 2.27. The van der Waals surface area contributed by atoms with Gasteiger partial charge in [0.25, 0.3) is 0 Å². The molecule has 0 fully saturated rings. The Labute approximate surface area is 129 Å². The summed E-state index contributed by atoms with van der Waals surface area (Å²) in [6.07, 6.45) is -0.0778. The minimum absolute atomic E-state index is 0.00112. The molecule has 2 rings (SSSR count). The predicted molar refractivity (Wildman–Crippen MR) is 80.8 cm³/mol. The van der Waals surface area contributed by atoms with Gasteiger partial charge in [0, 0.05) is 11.1 Å². The van der Waals surface area contributed by atoms with Crippen LogP contribution in [0.5, 0.6) is 0 Å². The van der Waals surface area contributed by atoms with Crippen LogP contribution in [0.15, 0.2) is 34.0 Å². The molecule has 2 aromatic rings. The van der Waals surface area contributed by atoms with E-state index in [0.29, 0.717) is 11.4 Å². The highest BCUT2D eigenvalue weighted by molar-refractivity contribution is 8.00. The summed E-state index contributed by atoms with van der Waals surface area (Å²) < 4.78 is 0.788. The number of thioether (sulfide) groups is 1. The van der Waals surface area contributed by atoms with Crippen molar-refractivity contribution in [2.24, 2.45) is 0 Å². The Bertz CT molecular complexity index is 654. The zero-order valence-corrected chi connectivity index (χ0v) is 12.6. The first kappa shape index (κ1) is 15.5. The lowest BCUT2D eigenvalue weighted by atomic mass is 10.1. The number of hydrogen-bond donors (Lipinski definition) is 2. The second-order valence-electron chi connectivity index (χ2n) is 4.30. The van der Waals surface area contributed by atoms with Gasteiger partial charge < -0.3 is 10.2 Å². The molecule has 0 bridgehead atoms. The average molecular weight is 323 g/mol. The number of nitrogens with zero attached hydrogens (tertiary/aromatic N) is 1. The first-order chi connectivity index (χ1) is 10.0. The summed E-state index contributed by atoms with van der Waals surface area (Å²) in [6, 6.07) is 7.40. The third kappa shape index (κ3) is 4.87. The number of aliphatic carboxylic acids is 2. The summed E-state index contributed by atoms with van der Waals surface area (Å²) in [7, 11) is 0. The molecule has 0 aliphatic rings. The van der Waals surface area contributed by atoms with E-state index in [1.807, 2.05) is 24.3 Å². The van der Waals surface area contributed by atoms with Crippen molar-refractivity contribution in [2.45, 2.75) is 22.9 Å². The van der Waals surface area contributed by atoms with E-state index in [-0.39, 0.29) is 12.8 Å². The smallest absolute Gasteiger partial charge is 0.309 e. The monoisotopic (exact) mass is 323 g/mol. The number of carboxylic acids is 2. The Hall–Kier alpha value is -1.86. The Kier molecular flexibility index (Phi) is 5.35. The minimum atomic E-state index is -0.899. The van der Waals surface area contributed by atoms with E-state index in [4.69, 9.17) is 10.2 Å². The molecule has 5 nitrogen and oxygen atoms in total. The van der Waals surface area contributed by atoms with Gasteiger partial charge in [0.2, 0.25) is 0 Å². The Morgan fingerprint density at radius 2 is 1.76 bits per heavy atom. The fourth-order valence-corrected chi connectivity index (χ4v) is 3.64. The maximum Gasteiger partial charge on any atom is 0.309 e. The molecule has 2 N–H and O–H groups in total. The molecular weight excluding hydrogens is 310 g/mol. The van der Waals surface area contributed by atoms with Crippen molar-refractivity contribution in [1.82, 2.24) is 4.98 Å². The van der Waals surface area contributed by atoms with Gasteiger partial charge in [-0.1, -0.05) is 36.0 Å². The topological polar surface area (TPSA) is 87.5 Å². The summed E-state index contributed by atoms with van der Waals surface area (Å²) >= 11 is 2.89. The average Bonchev–Trinajstić information content (AvgIpc) is 2.84. The first-order valence-corrected chi connectivity index (χ1v) is 7.98. The molecule has 0 saturated heterocycles. The molecule has 0 unspecified atom stereocenters. The summed E-state index contributed by atoms with van der Waals surface area (Å²) in [4.78, 5) is 25.7. The van der Waals surface area contributed by atoms with E-state index in [9.17, 15) is 9.59 Å². The van der Waals surface area contributed by atoms with Crippen LogP contribution in [0.4, 0.5) is 0 Å². The summed E-state index contributed by atoms with van der Waals surface area (Å²) in [5.41, 5.74) is 2.30. The second-order valence-corrected chi connectivity index (χ2v) is 6.38. The van der Waals surface area contributed by atoms with Crippen LogP contribution in [0.3, 0.4) is 0 Å². The third-order valence-corrected chi connectivity index (χ3v) is 4.79. The lowest BCUT2D eigenvalue weighted by Crippen LogP contribution is -2.02. The van der Waals surface area contributed by atoms with Crippen LogP contribution in [0.25, 0.3) is 0 Å². The number of rotatable bonds is 7. The summed E-state index contributed by atoms with van der Waals surface area (Å²) in [5, 5.41) is 19.3. The SMILES string of the molecule is O=C(O)Cc1csc(SCc2ccccc2CC(=O)O)n1. The molecule has 21 heavy (non-hydrogen) atoms. The first-order valence-electron chi connectivity index (χ1n) is 6.12. The van der Waals surface area contributed by atoms with Gasteiger partial charge in [-0.3, -0.25) is 9.59 Å². The molecule has 1 heterocycles. The number of benzene rings is 1. The molecule has 0 atom stereocenters. The van der Waals surface area contributed by atoms with Crippen molar-refractivity contribution in [3.05, 3.63) is 46.5 Å². The number of hydrogen-bond acceptors (Lipinski definition) is 5. The lowest BCUT2D eigenvalue weighted by Gasteiger charge is -2.06. The fourth-order valence-electron chi connectivity index (χ4n) is 1.76. The minimum Gasteiger partial charge on any atom is -0.481 e. The molecule has 110 valence electrons. The Morgan fingerprint density at radius 3 is 2.43 bits per heavy atom. The van der Waals surface area contributed by atoms with Gasteiger partial charge in [0.15, 0.2) is 0 Å². The number of carbonyl (C=O) groups is 2. The number of carboxylic acid groups (broad SMARTS) is 2. The van der Waals surface area contributed by atoms with E-state index in [0.717, 1.165) is 15.5 Å². The van der Waals surface area contributed by atoms with Crippen molar-refractivity contribution in [3.8, 4) is 0 Å². The van der Waals surface area contributed by atoms with Crippen LogP contribution in [-0.2, 0) is 28.2 Å². The molecule has 7 heteroatoms. The van der Waals surface area contributed by atoms with E-state index in [2.05, 4.69) is 4.98 Å². The molecule has 1 aromatic heterocycles. The van der Waals surface area contributed by atoms with Crippen LogP contribution < -0.4 is 0 Å². The van der Waals surface area contributed by atoms with Crippen LogP contribution in [0.2, 0.25) is 0 Å². The molecule has 0 radical (unpaired) electrons. The molecule has 0 aliphatic carbocycles. The van der Waals surface area contributed by atoms with E-state index < -0.39 is 11.9 Å². The molecule has 0 amide bonds. The van der Waals surface area contributed by atoms with Crippen molar-refractivity contribution in [2.75, 3.05) is 0 Å². The van der Waals surface area contributed by atoms with Crippen molar-refractivity contribution < 1.29 is 19.8 Å². The van der Waals surface area contributed by atoms with Gasteiger partial charge in [0.1, 0.15) is 4.34 Å². The van der Waals surface area contributed by atoms with Gasteiger partial charge in [0.05, 0.1) is 18.5 Å². The third-order valence-electron chi connectivity index (χ3n) is 2.67. The number of thiazole rings is 1. The Balaban J connectivity index is 2.01. The molecular formula is C14H13NO4S2. The van der Waals surface area contributed by atoms with Crippen LogP contribution in [0, 0.1) is 0 Å². The molecule has 0 aliphatic heterocycles. The van der Waals surface area contributed by atoms with Crippen molar-refractivity contribution in [1.29, 1.82) is 0 Å². The van der Waals surface area contributed by atoms with Crippen LogP contribution >= 0.6 is 23.1 Å². The molecule has 1 aromatic carbocycles. The standard InChI is InChI=1S/C14H13NO4S2/c16-12(17)5-9-3-1-2-4-10(9)7-20-14-15-11(8-21-14)6-13(18)19/h1-4,8H,5-7H2,(H,16,17)(H,18,19). The number of aromatic nitrogens is 1. The zero-order chi connectivity index (χ0) is 15.2. The molecule has 0 spiro atoms. The largest absolute Gasteiger partial charge is 0.481 e. The maximum atomic E-state index is 10.8. The normalized spacial score (nSPS) is 10.5. The van der Waals surface area contributed by atoms with E-state index in [1.54, 1.807) is 5.38 Å². The van der Waals surface area contributed by atoms with Gasteiger partial charge in [-0.05, 0) is 11.1 Å². The Morgan fingerprint density at radius 1 is 1.10 bits per heavy atom. The van der Waals surface area contributed by atoms with Gasteiger partial charge in [-0.2, -0.15) is 0 Å². The van der Waals surface area contributed by atoms with Crippen LogP contribution in [-0.4, -0.2) is 27.1 Å². The summed E-state index contributed by atoms with van der Waals surface area (Å²) in [6.45, 7) is 0. The summed E-state index contributed by atoms with van der Waals surface area (Å²) in [5.74, 6) is -1.14. The fraction of sp³-hybridized carbons (Fsp3) is 0.214. The van der Waals surface area contributed by atoms with Gasteiger partial charge >= 0.3 is 11.9 Å². The van der Waals surface area contributed by atoms with Crippen molar-refractivity contribution >= 4 is 35.0 Å². The lowest BCUT2D eigenvalue weighted by molar-refractivity contribution is -0.137.